The zero-order chi connectivity index (χ0) is 17.9. The van der Waals surface area contributed by atoms with Crippen molar-refractivity contribution < 1.29 is 13.2 Å². The molecule has 2 aliphatic heterocycles. The fourth-order valence-corrected chi connectivity index (χ4v) is 6.44. The summed E-state index contributed by atoms with van der Waals surface area (Å²) >= 11 is 1.24. The molecule has 2 fully saturated rings. The van der Waals surface area contributed by atoms with Crippen LogP contribution in [-0.2, 0) is 10.0 Å². The Morgan fingerprint density at radius 3 is 2.50 bits per heavy atom. The van der Waals surface area contributed by atoms with Crippen LogP contribution in [0.1, 0.15) is 42.3 Å². The Hall–Kier alpha value is -0.670. The maximum absolute atomic E-state index is 12.9. The van der Waals surface area contributed by atoms with Gasteiger partial charge in [-0.1, -0.05) is 6.92 Å². The molecule has 148 valence electrons. The molecule has 1 N–H and O–H groups in total. The summed E-state index contributed by atoms with van der Waals surface area (Å²) in [6, 6.07) is 1.59. The van der Waals surface area contributed by atoms with Crippen molar-refractivity contribution in [3.8, 4) is 0 Å². The zero-order valence-corrected chi connectivity index (χ0v) is 17.6. The molecule has 0 radical (unpaired) electrons. The van der Waals surface area contributed by atoms with E-state index in [4.69, 9.17) is 0 Å². The highest BCUT2D eigenvalue weighted by Gasteiger charge is 2.34. The Morgan fingerprint density at radius 1 is 1.23 bits per heavy atom. The van der Waals surface area contributed by atoms with Crippen LogP contribution >= 0.6 is 23.7 Å². The molecule has 0 aliphatic carbocycles. The second kappa shape index (κ2) is 9.50. The van der Waals surface area contributed by atoms with Crippen molar-refractivity contribution in [1.29, 1.82) is 0 Å². The molecule has 2 saturated heterocycles. The molecular formula is C17H28ClN3O3S2. The van der Waals surface area contributed by atoms with Crippen molar-refractivity contribution in [3.05, 3.63) is 16.3 Å². The average molecular weight is 422 g/mol. The smallest absolute Gasteiger partial charge is 0.265 e. The molecule has 0 saturated carbocycles. The third kappa shape index (κ3) is 4.59. The second-order valence-electron chi connectivity index (χ2n) is 6.77. The molecule has 0 aromatic carbocycles. The van der Waals surface area contributed by atoms with Gasteiger partial charge in [-0.05, 0) is 56.1 Å². The Kier molecular flexibility index (Phi) is 7.90. The van der Waals surface area contributed by atoms with Crippen molar-refractivity contribution in [3.63, 3.8) is 0 Å². The number of hydrogen-bond acceptors (Lipinski definition) is 5. The van der Waals surface area contributed by atoms with E-state index in [-0.39, 0.29) is 23.2 Å². The summed E-state index contributed by atoms with van der Waals surface area (Å²) in [5.41, 5.74) is 0. The standard InChI is InChI=1S/C17H27N3O3S2.ClH/c1-2-18-13-14-5-10-19(11-6-14)17(21)16-15(7-12-24-16)25(22,23)20-8-3-4-9-20;/h7,12,14,18H,2-6,8-11,13H2,1H3;1H. The number of thiophene rings is 1. The summed E-state index contributed by atoms with van der Waals surface area (Å²) in [5.74, 6) is 0.467. The van der Waals surface area contributed by atoms with Gasteiger partial charge in [-0.3, -0.25) is 4.79 Å². The van der Waals surface area contributed by atoms with Crippen LogP contribution in [0.3, 0.4) is 0 Å². The molecule has 0 atom stereocenters. The largest absolute Gasteiger partial charge is 0.338 e. The predicted molar refractivity (Wildman–Crippen MR) is 107 cm³/mol. The van der Waals surface area contributed by atoms with Gasteiger partial charge in [-0.2, -0.15) is 4.31 Å². The number of nitrogens with one attached hydrogen (secondary N) is 1. The van der Waals surface area contributed by atoms with Gasteiger partial charge >= 0.3 is 0 Å². The summed E-state index contributed by atoms with van der Waals surface area (Å²) in [6.07, 6.45) is 3.73. The lowest BCUT2D eigenvalue weighted by molar-refractivity contribution is 0.0691. The fraction of sp³-hybridized carbons (Fsp3) is 0.706. The van der Waals surface area contributed by atoms with Crippen molar-refractivity contribution in [2.75, 3.05) is 39.3 Å². The normalized spacial score (nSPS) is 19.5. The number of likely N-dealkylation sites (tertiary alicyclic amines) is 1. The number of halogens is 1. The highest BCUT2D eigenvalue weighted by Crippen LogP contribution is 2.29. The monoisotopic (exact) mass is 421 g/mol. The van der Waals surface area contributed by atoms with Gasteiger partial charge in [-0.15, -0.1) is 23.7 Å². The second-order valence-corrected chi connectivity index (χ2v) is 9.59. The summed E-state index contributed by atoms with van der Waals surface area (Å²) in [5, 5.41) is 5.08. The van der Waals surface area contributed by atoms with E-state index in [0.717, 1.165) is 38.8 Å². The first-order valence-electron chi connectivity index (χ1n) is 9.11. The summed E-state index contributed by atoms with van der Waals surface area (Å²) < 4.78 is 27.2. The van der Waals surface area contributed by atoms with Gasteiger partial charge in [0.15, 0.2) is 0 Å². The van der Waals surface area contributed by atoms with E-state index in [0.29, 0.717) is 37.0 Å². The van der Waals surface area contributed by atoms with Crippen LogP contribution in [-0.4, -0.2) is 62.8 Å². The quantitative estimate of drug-likeness (QED) is 0.765. The van der Waals surface area contributed by atoms with Crippen LogP contribution in [0.5, 0.6) is 0 Å². The first-order valence-corrected chi connectivity index (χ1v) is 11.4. The lowest BCUT2D eigenvalue weighted by Gasteiger charge is -2.32. The molecule has 0 spiro atoms. The molecule has 1 aromatic heterocycles. The maximum atomic E-state index is 12.9. The van der Waals surface area contributed by atoms with Crippen molar-refractivity contribution >= 4 is 39.7 Å². The van der Waals surface area contributed by atoms with Crippen LogP contribution in [0, 0.1) is 5.92 Å². The Bertz CT molecular complexity index is 694. The average Bonchev–Trinajstić information content (AvgIpc) is 3.31. The van der Waals surface area contributed by atoms with Gasteiger partial charge < -0.3 is 10.2 Å². The van der Waals surface area contributed by atoms with E-state index in [9.17, 15) is 13.2 Å². The van der Waals surface area contributed by atoms with Gasteiger partial charge in [0.2, 0.25) is 10.0 Å². The van der Waals surface area contributed by atoms with Gasteiger partial charge in [0.05, 0.1) is 0 Å². The van der Waals surface area contributed by atoms with Crippen LogP contribution < -0.4 is 5.32 Å². The molecule has 26 heavy (non-hydrogen) atoms. The van der Waals surface area contributed by atoms with E-state index in [1.165, 1.54) is 15.6 Å². The predicted octanol–water partition coefficient (Wildman–Crippen LogP) is 2.42. The number of piperidine rings is 1. The molecule has 3 rings (SSSR count). The number of amides is 1. The molecule has 0 bridgehead atoms. The minimum Gasteiger partial charge on any atom is -0.338 e. The minimum absolute atomic E-state index is 0. The van der Waals surface area contributed by atoms with E-state index in [2.05, 4.69) is 12.2 Å². The molecule has 2 aliphatic rings. The van der Waals surface area contributed by atoms with E-state index < -0.39 is 10.0 Å². The van der Waals surface area contributed by atoms with Crippen molar-refractivity contribution in [1.82, 2.24) is 14.5 Å². The van der Waals surface area contributed by atoms with Crippen LogP contribution in [0.4, 0.5) is 0 Å². The van der Waals surface area contributed by atoms with Crippen molar-refractivity contribution in [2.45, 2.75) is 37.5 Å². The number of carbonyl (C=O) groups is 1. The van der Waals surface area contributed by atoms with Gasteiger partial charge in [0.25, 0.3) is 5.91 Å². The Labute approximate surface area is 166 Å². The van der Waals surface area contributed by atoms with Crippen LogP contribution in [0.25, 0.3) is 0 Å². The highest BCUT2D eigenvalue weighted by molar-refractivity contribution is 7.89. The summed E-state index contributed by atoms with van der Waals surface area (Å²) in [7, 11) is -3.55. The van der Waals surface area contributed by atoms with E-state index in [1.54, 1.807) is 11.4 Å². The molecule has 3 heterocycles. The van der Waals surface area contributed by atoms with Gasteiger partial charge in [0, 0.05) is 26.2 Å². The number of hydrogen-bond donors (Lipinski definition) is 1. The fourth-order valence-electron chi connectivity index (χ4n) is 3.56. The van der Waals surface area contributed by atoms with Gasteiger partial charge in [-0.25, -0.2) is 8.42 Å². The molecule has 1 aromatic rings. The van der Waals surface area contributed by atoms with Gasteiger partial charge in [0.1, 0.15) is 9.77 Å². The van der Waals surface area contributed by atoms with E-state index in [1.807, 2.05) is 4.90 Å². The van der Waals surface area contributed by atoms with Crippen LogP contribution in [0.15, 0.2) is 16.3 Å². The lowest BCUT2D eigenvalue weighted by Crippen LogP contribution is -2.41. The summed E-state index contributed by atoms with van der Waals surface area (Å²) in [6.45, 7) is 6.57. The lowest BCUT2D eigenvalue weighted by atomic mass is 9.96. The third-order valence-corrected chi connectivity index (χ3v) is 8.06. The Balaban J connectivity index is 0.00000243. The SMILES string of the molecule is CCNCC1CCN(C(=O)c2sccc2S(=O)(=O)N2CCCC2)CC1.Cl. The first-order chi connectivity index (χ1) is 12.0. The number of nitrogens with zero attached hydrogens (tertiary/aromatic N) is 2. The molecule has 6 nitrogen and oxygen atoms in total. The zero-order valence-electron chi connectivity index (χ0n) is 15.1. The van der Waals surface area contributed by atoms with Crippen molar-refractivity contribution in [2.24, 2.45) is 5.92 Å². The topological polar surface area (TPSA) is 69.7 Å². The molecule has 9 heteroatoms. The summed E-state index contributed by atoms with van der Waals surface area (Å²) in [4.78, 5) is 15.3. The first kappa shape index (κ1) is 21.6. The van der Waals surface area contributed by atoms with Crippen LogP contribution in [0.2, 0.25) is 0 Å². The highest BCUT2D eigenvalue weighted by atomic mass is 35.5. The molecule has 1 amide bonds. The maximum Gasteiger partial charge on any atom is 0.265 e. The number of sulfonamides is 1. The van der Waals surface area contributed by atoms with E-state index >= 15 is 0 Å². The molecule has 0 unspecified atom stereocenters. The Morgan fingerprint density at radius 2 is 1.88 bits per heavy atom. The number of rotatable bonds is 6. The third-order valence-electron chi connectivity index (χ3n) is 5.09. The number of carbonyl (C=O) groups excluding carboxylic acids is 1. The minimum atomic E-state index is -3.55. The molecular weight excluding hydrogens is 394 g/mol.